The molecule has 1 aliphatic heterocycles. The van der Waals surface area contributed by atoms with Crippen molar-refractivity contribution in [1.82, 2.24) is 4.90 Å². The lowest BCUT2D eigenvalue weighted by molar-refractivity contribution is -0.150. The van der Waals surface area contributed by atoms with Crippen molar-refractivity contribution in [1.29, 1.82) is 0 Å². The zero-order valence-corrected chi connectivity index (χ0v) is 9.60. The van der Waals surface area contributed by atoms with E-state index in [0.29, 0.717) is 18.7 Å². The normalized spacial score (nSPS) is 20.9. The molecule has 6 heteroatoms. The maximum Gasteiger partial charge on any atom is 0.323 e. The predicted molar refractivity (Wildman–Crippen MR) is 59.0 cm³/mol. The Morgan fingerprint density at radius 1 is 1.44 bits per heavy atom. The molecule has 0 aliphatic carbocycles. The van der Waals surface area contributed by atoms with Crippen molar-refractivity contribution in [2.75, 3.05) is 19.8 Å². The molecule has 0 aromatic heterocycles. The third-order valence-corrected chi connectivity index (χ3v) is 2.89. The number of rotatable bonds is 3. The van der Waals surface area contributed by atoms with E-state index < -0.39 is 23.6 Å². The van der Waals surface area contributed by atoms with Crippen LogP contribution in [0.3, 0.4) is 0 Å². The van der Waals surface area contributed by atoms with E-state index in [9.17, 15) is 13.6 Å². The van der Waals surface area contributed by atoms with Crippen molar-refractivity contribution in [3.8, 4) is 0 Å². The SMILES string of the molecule is O=C(O)C1COCCN1Cc1ccc(F)c(F)c1. The van der Waals surface area contributed by atoms with Crippen LogP contribution in [0.1, 0.15) is 5.56 Å². The number of halogens is 2. The van der Waals surface area contributed by atoms with Gasteiger partial charge in [0.25, 0.3) is 0 Å². The fraction of sp³-hybridized carbons (Fsp3) is 0.417. The number of benzene rings is 1. The van der Waals surface area contributed by atoms with E-state index in [-0.39, 0.29) is 13.2 Å². The Labute approximate surface area is 103 Å². The van der Waals surface area contributed by atoms with Crippen LogP contribution < -0.4 is 0 Å². The van der Waals surface area contributed by atoms with Crippen molar-refractivity contribution < 1.29 is 23.4 Å². The van der Waals surface area contributed by atoms with Gasteiger partial charge in [-0.2, -0.15) is 0 Å². The third-order valence-electron chi connectivity index (χ3n) is 2.89. The Bertz CT molecular complexity index is 453. The zero-order chi connectivity index (χ0) is 13.1. The average Bonchev–Trinajstić information content (AvgIpc) is 2.34. The number of hydrogen-bond acceptors (Lipinski definition) is 3. The molecule has 1 atom stereocenters. The van der Waals surface area contributed by atoms with Crippen molar-refractivity contribution in [3.05, 3.63) is 35.4 Å². The maximum absolute atomic E-state index is 13.1. The van der Waals surface area contributed by atoms with Crippen LogP contribution in [0.25, 0.3) is 0 Å². The number of carboxylic acid groups (broad SMARTS) is 1. The van der Waals surface area contributed by atoms with Crippen molar-refractivity contribution in [3.63, 3.8) is 0 Å². The maximum atomic E-state index is 13.1. The van der Waals surface area contributed by atoms with Gasteiger partial charge in [-0.15, -0.1) is 0 Å². The van der Waals surface area contributed by atoms with E-state index >= 15 is 0 Å². The van der Waals surface area contributed by atoms with Crippen molar-refractivity contribution in [2.45, 2.75) is 12.6 Å². The van der Waals surface area contributed by atoms with Gasteiger partial charge in [0.05, 0.1) is 13.2 Å². The molecule has 18 heavy (non-hydrogen) atoms. The molecule has 1 heterocycles. The van der Waals surface area contributed by atoms with E-state index in [0.717, 1.165) is 12.1 Å². The average molecular weight is 257 g/mol. The molecular weight excluding hydrogens is 244 g/mol. The smallest absolute Gasteiger partial charge is 0.323 e. The molecule has 4 nitrogen and oxygen atoms in total. The lowest BCUT2D eigenvalue weighted by atomic mass is 10.1. The van der Waals surface area contributed by atoms with Crippen LogP contribution in [0.5, 0.6) is 0 Å². The number of nitrogens with zero attached hydrogens (tertiary/aromatic N) is 1. The Morgan fingerprint density at radius 2 is 2.22 bits per heavy atom. The molecule has 0 saturated carbocycles. The third kappa shape index (κ3) is 2.83. The summed E-state index contributed by atoms with van der Waals surface area (Å²) in [6, 6.07) is 2.84. The first-order chi connectivity index (χ1) is 8.58. The lowest BCUT2D eigenvalue weighted by Gasteiger charge is -2.32. The van der Waals surface area contributed by atoms with Gasteiger partial charge in [0.1, 0.15) is 6.04 Å². The Morgan fingerprint density at radius 3 is 2.89 bits per heavy atom. The van der Waals surface area contributed by atoms with Gasteiger partial charge in [-0.3, -0.25) is 9.69 Å². The lowest BCUT2D eigenvalue weighted by Crippen LogP contribution is -2.49. The zero-order valence-electron chi connectivity index (χ0n) is 9.60. The number of hydrogen-bond donors (Lipinski definition) is 1. The van der Waals surface area contributed by atoms with Gasteiger partial charge in [0.15, 0.2) is 11.6 Å². The summed E-state index contributed by atoms with van der Waals surface area (Å²) in [5.74, 6) is -2.81. The molecule has 1 aliphatic rings. The first-order valence-electron chi connectivity index (χ1n) is 5.56. The molecule has 0 spiro atoms. The highest BCUT2D eigenvalue weighted by Gasteiger charge is 2.29. The Kier molecular flexibility index (Phi) is 3.88. The molecule has 1 aromatic rings. The molecule has 2 rings (SSSR count). The number of morpholine rings is 1. The summed E-state index contributed by atoms with van der Waals surface area (Å²) in [7, 11) is 0. The van der Waals surface area contributed by atoms with Crippen LogP contribution in [-0.4, -0.2) is 41.8 Å². The Hall–Kier alpha value is -1.53. The fourth-order valence-electron chi connectivity index (χ4n) is 1.93. The van der Waals surface area contributed by atoms with Gasteiger partial charge < -0.3 is 9.84 Å². The monoisotopic (exact) mass is 257 g/mol. The number of ether oxygens (including phenoxy) is 1. The number of carbonyl (C=O) groups is 1. The number of aliphatic carboxylic acids is 1. The van der Waals surface area contributed by atoms with E-state index in [1.54, 1.807) is 4.90 Å². The van der Waals surface area contributed by atoms with Crippen LogP contribution in [0.15, 0.2) is 18.2 Å². The summed E-state index contributed by atoms with van der Waals surface area (Å²) in [6.45, 7) is 1.26. The van der Waals surface area contributed by atoms with Crippen molar-refractivity contribution >= 4 is 5.97 Å². The van der Waals surface area contributed by atoms with Crippen LogP contribution in [0, 0.1) is 11.6 Å². The highest BCUT2D eigenvalue weighted by Crippen LogP contribution is 2.15. The van der Waals surface area contributed by atoms with E-state index in [1.165, 1.54) is 6.07 Å². The van der Waals surface area contributed by atoms with Crippen LogP contribution >= 0.6 is 0 Å². The summed E-state index contributed by atoms with van der Waals surface area (Å²) in [4.78, 5) is 12.7. The minimum Gasteiger partial charge on any atom is -0.480 e. The van der Waals surface area contributed by atoms with E-state index in [4.69, 9.17) is 9.84 Å². The fourth-order valence-corrected chi connectivity index (χ4v) is 1.93. The molecular formula is C12H13F2NO3. The summed E-state index contributed by atoms with van der Waals surface area (Å²) in [6.07, 6.45) is 0. The largest absolute Gasteiger partial charge is 0.480 e. The molecule has 0 bridgehead atoms. The van der Waals surface area contributed by atoms with E-state index in [1.807, 2.05) is 0 Å². The van der Waals surface area contributed by atoms with Gasteiger partial charge in [-0.05, 0) is 17.7 Å². The quantitative estimate of drug-likeness (QED) is 0.885. The minimum absolute atomic E-state index is 0.110. The summed E-state index contributed by atoms with van der Waals surface area (Å²) < 4.78 is 30.9. The highest BCUT2D eigenvalue weighted by molar-refractivity contribution is 5.73. The molecule has 1 aromatic carbocycles. The Balaban J connectivity index is 2.10. The minimum atomic E-state index is -0.975. The van der Waals surface area contributed by atoms with Crippen LogP contribution in [-0.2, 0) is 16.1 Å². The first kappa shape index (κ1) is 12.9. The van der Waals surface area contributed by atoms with Crippen molar-refractivity contribution in [2.24, 2.45) is 0 Å². The van der Waals surface area contributed by atoms with Crippen LogP contribution in [0.4, 0.5) is 8.78 Å². The second-order valence-corrected chi connectivity index (χ2v) is 4.15. The van der Waals surface area contributed by atoms with Gasteiger partial charge in [0, 0.05) is 13.1 Å². The molecule has 98 valence electrons. The number of carboxylic acids is 1. The van der Waals surface area contributed by atoms with E-state index in [2.05, 4.69) is 0 Å². The van der Waals surface area contributed by atoms with Crippen LogP contribution in [0.2, 0.25) is 0 Å². The molecule has 1 unspecified atom stereocenters. The van der Waals surface area contributed by atoms with Gasteiger partial charge in [0.2, 0.25) is 0 Å². The first-order valence-corrected chi connectivity index (χ1v) is 5.56. The highest BCUT2D eigenvalue weighted by atomic mass is 19.2. The topological polar surface area (TPSA) is 49.8 Å². The summed E-state index contributed by atoms with van der Waals surface area (Å²) in [5, 5.41) is 9.03. The second-order valence-electron chi connectivity index (χ2n) is 4.15. The molecule has 1 saturated heterocycles. The molecule has 1 N–H and O–H groups in total. The van der Waals surface area contributed by atoms with Gasteiger partial charge in [-0.25, -0.2) is 8.78 Å². The molecule has 0 radical (unpaired) electrons. The summed E-state index contributed by atoms with van der Waals surface area (Å²) >= 11 is 0. The standard InChI is InChI=1S/C12H13F2NO3/c13-9-2-1-8(5-10(9)14)6-15-3-4-18-7-11(15)12(16)17/h1-2,5,11H,3-4,6-7H2,(H,16,17). The van der Waals surface area contributed by atoms with Gasteiger partial charge >= 0.3 is 5.97 Å². The molecule has 1 fully saturated rings. The predicted octanol–water partition coefficient (Wildman–Crippen LogP) is 1.25. The summed E-state index contributed by atoms with van der Waals surface area (Å²) in [5.41, 5.74) is 0.544. The molecule has 0 amide bonds. The van der Waals surface area contributed by atoms with Gasteiger partial charge in [-0.1, -0.05) is 6.07 Å². The second kappa shape index (κ2) is 5.41.